The highest BCUT2D eigenvalue weighted by atomic mass is 16.1. The molecule has 1 aromatic heterocycles. The molecule has 5 nitrogen and oxygen atoms in total. The molecule has 4 N–H and O–H groups in total. The quantitative estimate of drug-likeness (QED) is 0.508. The Morgan fingerprint density at radius 2 is 2.42 bits per heavy atom. The van der Waals surface area contributed by atoms with E-state index in [0.717, 1.165) is 24.2 Å². The summed E-state index contributed by atoms with van der Waals surface area (Å²) in [7, 11) is 0. The van der Waals surface area contributed by atoms with Gasteiger partial charge in [0.25, 0.3) is 5.91 Å². The third kappa shape index (κ3) is 0.984. The lowest BCUT2D eigenvalue weighted by molar-refractivity contribution is 0.0994. The van der Waals surface area contributed by atoms with E-state index in [1.165, 1.54) is 0 Å². The molecule has 0 unspecified atom stereocenters. The van der Waals surface area contributed by atoms with Crippen LogP contribution in [0.1, 0.15) is 21.7 Å². The van der Waals surface area contributed by atoms with Crippen LogP contribution in [0.15, 0.2) is 0 Å². The number of aromatic amines is 1. The number of nitrogens with two attached hydrogens (primary N) is 1. The fourth-order valence-electron chi connectivity index (χ4n) is 1.43. The Hall–Kier alpha value is -1.36. The molecule has 0 spiro atoms. The summed E-state index contributed by atoms with van der Waals surface area (Å²) in [5, 5.41) is 9.83. The van der Waals surface area contributed by atoms with Gasteiger partial charge >= 0.3 is 0 Å². The van der Waals surface area contributed by atoms with Crippen molar-refractivity contribution in [2.24, 2.45) is 5.73 Å². The van der Waals surface area contributed by atoms with Gasteiger partial charge in [-0.3, -0.25) is 9.89 Å². The van der Waals surface area contributed by atoms with Crippen LogP contribution in [0.2, 0.25) is 0 Å². The molecule has 2 heterocycles. The lowest BCUT2D eigenvalue weighted by atomic mass is 10.1. The number of nitrogens with one attached hydrogen (secondary N) is 2. The van der Waals surface area contributed by atoms with Crippen molar-refractivity contribution in [1.29, 1.82) is 0 Å². The van der Waals surface area contributed by atoms with Crippen molar-refractivity contribution in [3.8, 4) is 0 Å². The van der Waals surface area contributed by atoms with Crippen LogP contribution in [-0.4, -0.2) is 22.6 Å². The van der Waals surface area contributed by atoms with Gasteiger partial charge in [-0.25, -0.2) is 0 Å². The summed E-state index contributed by atoms with van der Waals surface area (Å²) in [6, 6.07) is 0. The number of hydrogen-bond acceptors (Lipinski definition) is 3. The lowest BCUT2D eigenvalue weighted by Crippen LogP contribution is -2.25. The van der Waals surface area contributed by atoms with Crippen LogP contribution in [0, 0.1) is 0 Å². The first-order valence-electron chi connectivity index (χ1n) is 3.85. The molecule has 1 aromatic rings. The van der Waals surface area contributed by atoms with E-state index in [0.29, 0.717) is 12.2 Å². The largest absolute Gasteiger partial charge is 0.364 e. The molecule has 0 aliphatic carbocycles. The molecule has 12 heavy (non-hydrogen) atoms. The van der Waals surface area contributed by atoms with Crippen molar-refractivity contribution in [3.05, 3.63) is 17.0 Å². The van der Waals surface area contributed by atoms with E-state index < -0.39 is 5.91 Å². The monoisotopic (exact) mass is 166 g/mol. The number of carbonyl (C=O) groups is 1. The maximum absolute atomic E-state index is 10.8. The Bertz CT molecular complexity index is 317. The standard InChI is InChI=1S/C7H10N4O/c8-7(12)6-4-3-9-2-1-5(4)10-11-6/h9H,1-3H2,(H2,8,12)(H,10,11). The molecule has 0 atom stereocenters. The number of hydrogen-bond donors (Lipinski definition) is 3. The molecule has 5 heteroatoms. The van der Waals surface area contributed by atoms with E-state index >= 15 is 0 Å². The van der Waals surface area contributed by atoms with Gasteiger partial charge in [0.1, 0.15) is 0 Å². The molecule has 64 valence electrons. The van der Waals surface area contributed by atoms with Crippen molar-refractivity contribution < 1.29 is 4.79 Å². The first kappa shape index (κ1) is 7.30. The molecule has 0 bridgehead atoms. The first-order chi connectivity index (χ1) is 5.79. The average Bonchev–Trinajstić information content (AvgIpc) is 2.47. The second kappa shape index (κ2) is 2.60. The van der Waals surface area contributed by atoms with Crippen molar-refractivity contribution in [1.82, 2.24) is 15.5 Å². The number of nitrogens with zero attached hydrogens (tertiary/aromatic N) is 1. The second-order valence-corrected chi connectivity index (χ2v) is 2.82. The molecule has 0 saturated heterocycles. The van der Waals surface area contributed by atoms with Crippen LogP contribution in [0.3, 0.4) is 0 Å². The topological polar surface area (TPSA) is 83.8 Å². The Balaban J connectivity index is 2.44. The zero-order chi connectivity index (χ0) is 8.55. The third-order valence-corrected chi connectivity index (χ3v) is 2.04. The highest BCUT2D eigenvalue weighted by Gasteiger charge is 2.19. The molecular weight excluding hydrogens is 156 g/mol. The van der Waals surface area contributed by atoms with Crippen LogP contribution in [0.5, 0.6) is 0 Å². The summed E-state index contributed by atoms with van der Waals surface area (Å²) in [5.41, 5.74) is 7.46. The van der Waals surface area contributed by atoms with Gasteiger partial charge < -0.3 is 11.1 Å². The molecular formula is C7H10N4O. The zero-order valence-corrected chi connectivity index (χ0v) is 6.55. The van der Waals surface area contributed by atoms with Crippen LogP contribution in [0.4, 0.5) is 0 Å². The van der Waals surface area contributed by atoms with Crippen LogP contribution in [-0.2, 0) is 13.0 Å². The molecule has 0 aromatic carbocycles. The maximum atomic E-state index is 10.8. The van der Waals surface area contributed by atoms with Gasteiger partial charge in [-0.1, -0.05) is 0 Å². The van der Waals surface area contributed by atoms with Crippen LogP contribution in [0.25, 0.3) is 0 Å². The number of fused-ring (bicyclic) bond motifs is 1. The number of carbonyl (C=O) groups excluding carboxylic acids is 1. The number of aromatic nitrogens is 2. The Morgan fingerprint density at radius 3 is 3.17 bits per heavy atom. The SMILES string of the molecule is NC(=O)c1n[nH]c2c1CNCC2. The van der Waals surface area contributed by atoms with E-state index in [4.69, 9.17) is 5.73 Å². The van der Waals surface area contributed by atoms with Gasteiger partial charge in [0, 0.05) is 30.8 Å². The fraction of sp³-hybridized carbons (Fsp3) is 0.429. The molecule has 2 rings (SSSR count). The Kier molecular flexibility index (Phi) is 1.58. The highest BCUT2D eigenvalue weighted by Crippen LogP contribution is 2.14. The summed E-state index contributed by atoms with van der Waals surface area (Å²) in [6.07, 6.45) is 0.885. The minimum absolute atomic E-state index is 0.372. The first-order valence-corrected chi connectivity index (χ1v) is 3.85. The summed E-state index contributed by atoms with van der Waals surface area (Å²) in [4.78, 5) is 10.8. The summed E-state index contributed by atoms with van der Waals surface area (Å²) in [5.74, 6) is -0.462. The highest BCUT2D eigenvalue weighted by molar-refractivity contribution is 5.92. The molecule has 0 radical (unpaired) electrons. The lowest BCUT2D eigenvalue weighted by Gasteiger charge is -2.11. The average molecular weight is 166 g/mol. The van der Waals surface area contributed by atoms with Gasteiger partial charge in [-0.2, -0.15) is 5.10 Å². The predicted octanol–water partition coefficient (Wildman–Crippen LogP) is -0.846. The van der Waals surface area contributed by atoms with Gasteiger partial charge in [0.05, 0.1) is 0 Å². The summed E-state index contributed by atoms with van der Waals surface area (Å²) >= 11 is 0. The Labute approximate surface area is 69.3 Å². The van der Waals surface area contributed by atoms with Gasteiger partial charge in [0.15, 0.2) is 5.69 Å². The number of H-pyrrole nitrogens is 1. The molecule has 1 amide bonds. The van der Waals surface area contributed by atoms with Crippen molar-refractivity contribution >= 4 is 5.91 Å². The summed E-state index contributed by atoms with van der Waals surface area (Å²) in [6.45, 7) is 1.61. The smallest absolute Gasteiger partial charge is 0.269 e. The van der Waals surface area contributed by atoms with E-state index in [1.54, 1.807) is 0 Å². The fourth-order valence-corrected chi connectivity index (χ4v) is 1.43. The number of rotatable bonds is 1. The molecule has 1 aliphatic rings. The molecule has 0 fully saturated rings. The minimum atomic E-state index is -0.462. The van der Waals surface area contributed by atoms with Gasteiger partial charge in [0.2, 0.25) is 0 Å². The maximum Gasteiger partial charge on any atom is 0.269 e. The van der Waals surface area contributed by atoms with E-state index in [2.05, 4.69) is 15.5 Å². The normalized spacial score (nSPS) is 15.7. The van der Waals surface area contributed by atoms with E-state index in [-0.39, 0.29) is 0 Å². The zero-order valence-electron chi connectivity index (χ0n) is 6.55. The number of primary amides is 1. The van der Waals surface area contributed by atoms with Gasteiger partial charge in [-0.05, 0) is 0 Å². The summed E-state index contributed by atoms with van der Waals surface area (Å²) < 4.78 is 0. The van der Waals surface area contributed by atoms with Crippen LogP contribution < -0.4 is 11.1 Å². The minimum Gasteiger partial charge on any atom is -0.364 e. The van der Waals surface area contributed by atoms with Gasteiger partial charge in [-0.15, -0.1) is 0 Å². The molecule has 1 aliphatic heterocycles. The van der Waals surface area contributed by atoms with Crippen molar-refractivity contribution in [2.75, 3.05) is 6.54 Å². The third-order valence-electron chi connectivity index (χ3n) is 2.04. The van der Waals surface area contributed by atoms with Crippen molar-refractivity contribution in [3.63, 3.8) is 0 Å². The van der Waals surface area contributed by atoms with Crippen molar-refractivity contribution in [2.45, 2.75) is 13.0 Å². The predicted molar refractivity (Wildman–Crippen MR) is 42.5 cm³/mol. The molecule has 0 saturated carbocycles. The number of amides is 1. The van der Waals surface area contributed by atoms with Crippen LogP contribution >= 0.6 is 0 Å². The van der Waals surface area contributed by atoms with E-state index in [9.17, 15) is 4.79 Å². The second-order valence-electron chi connectivity index (χ2n) is 2.82. The Morgan fingerprint density at radius 1 is 1.58 bits per heavy atom. The van der Waals surface area contributed by atoms with E-state index in [1.807, 2.05) is 0 Å².